The molecule has 18 heavy (non-hydrogen) atoms. The van der Waals surface area contributed by atoms with Crippen molar-refractivity contribution in [2.45, 2.75) is 6.92 Å². The predicted octanol–water partition coefficient (Wildman–Crippen LogP) is 3.19. The Morgan fingerprint density at radius 1 is 1.11 bits per heavy atom. The Hall–Kier alpha value is -2.49. The summed E-state index contributed by atoms with van der Waals surface area (Å²) in [7, 11) is 0. The van der Waals surface area contributed by atoms with E-state index in [1.165, 1.54) is 12.1 Å². The number of ether oxygens (including phenoxy) is 1. The van der Waals surface area contributed by atoms with E-state index in [2.05, 4.69) is 0 Å². The molecule has 0 saturated carbocycles. The molecule has 0 fully saturated rings. The summed E-state index contributed by atoms with van der Waals surface area (Å²) >= 11 is 0. The van der Waals surface area contributed by atoms with Crippen LogP contribution in [0.1, 0.15) is 15.9 Å². The van der Waals surface area contributed by atoms with Gasteiger partial charge in [0.1, 0.15) is 5.75 Å². The van der Waals surface area contributed by atoms with Crippen molar-refractivity contribution >= 4 is 5.97 Å². The summed E-state index contributed by atoms with van der Waals surface area (Å²) in [5.74, 6) is -0.123. The second-order valence-electron chi connectivity index (χ2n) is 3.90. The number of hydrogen-bond donors (Lipinski definition) is 2. The van der Waals surface area contributed by atoms with Crippen LogP contribution in [-0.2, 0) is 0 Å². The number of benzene rings is 2. The summed E-state index contributed by atoms with van der Waals surface area (Å²) in [5.41, 5.74) is 1.15. The zero-order valence-corrected chi connectivity index (χ0v) is 9.75. The molecule has 0 aliphatic rings. The van der Waals surface area contributed by atoms with Gasteiger partial charge < -0.3 is 14.9 Å². The zero-order valence-electron chi connectivity index (χ0n) is 9.75. The smallest absolute Gasteiger partial charge is 0.335 e. The number of hydrogen-bond acceptors (Lipinski definition) is 3. The standard InChI is InChI=1S/C14H12O4/c1-9-2-7-12(15)13(8-9)18-11-5-3-10(4-6-11)14(16)17/h2-8,15H,1H3,(H,16,17). The molecule has 0 aromatic heterocycles. The summed E-state index contributed by atoms with van der Waals surface area (Å²) in [6.45, 7) is 1.89. The molecule has 2 rings (SSSR count). The third-order valence-corrected chi connectivity index (χ3v) is 2.44. The Labute approximate surface area is 104 Å². The molecular formula is C14H12O4. The van der Waals surface area contributed by atoms with Crippen molar-refractivity contribution in [3.8, 4) is 17.2 Å². The van der Waals surface area contributed by atoms with Crippen LogP contribution in [0.15, 0.2) is 42.5 Å². The fourth-order valence-corrected chi connectivity index (χ4v) is 1.50. The summed E-state index contributed by atoms with van der Waals surface area (Å²) < 4.78 is 5.48. The number of carbonyl (C=O) groups is 1. The van der Waals surface area contributed by atoms with Gasteiger partial charge in [-0.25, -0.2) is 4.79 Å². The molecule has 4 nitrogen and oxygen atoms in total. The molecule has 0 aliphatic heterocycles. The minimum Gasteiger partial charge on any atom is -0.504 e. The Balaban J connectivity index is 2.23. The van der Waals surface area contributed by atoms with Crippen molar-refractivity contribution in [1.82, 2.24) is 0 Å². The molecule has 92 valence electrons. The van der Waals surface area contributed by atoms with Gasteiger partial charge >= 0.3 is 5.97 Å². The Morgan fingerprint density at radius 3 is 2.39 bits per heavy atom. The molecule has 0 atom stereocenters. The first-order valence-electron chi connectivity index (χ1n) is 5.37. The van der Waals surface area contributed by atoms with Gasteiger partial charge in [-0.1, -0.05) is 6.07 Å². The SMILES string of the molecule is Cc1ccc(O)c(Oc2ccc(C(=O)O)cc2)c1. The summed E-state index contributed by atoms with van der Waals surface area (Å²) in [4.78, 5) is 10.7. The fraction of sp³-hybridized carbons (Fsp3) is 0.0714. The van der Waals surface area contributed by atoms with Crippen LogP contribution in [0.5, 0.6) is 17.2 Å². The fourth-order valence-electron chi connectivity index (χ4n) is 1.50. The van der Waals surface area contributed by atoms with E-state index in [1.54, 1.807) is 30.3 Å². The van der Waals surface area contributed by atoms with Gasteiger partial charge in [0.2, 0.25) is 0 Å². The maximum atomic E-state index is 10.7. The molecule has 0 amide bonds. The molecule has 0 bridgehead atoms. The van der Waals surface area contributed by atoms with E-state index in [-0.39, 0.29) is 11.3 Å². The Kier molecular flexibility index (Phi) is 3.19. The molecule has 0 spiro atoms. The maximum absolute atomic E-state index is 10.7. The summed E-state index contributed by atoms with van der Waals surface area (Å²) in [5, 5.41) is 18.4. The van der Waals surface area contributed by atoms with E-state index in [4.69, 9.17) is 9.84 Å². The molecule has 4 heteroatoms. The zero-order chi connectivity index (χ0) is 13.1. The van der Waals surface area contributed by atoms with Gasteiger partial charge in [-0.3, -0.25) is 0 Å². The topological polar surface area (TPSA) is 66.8 Å². The summed E-state index contributed by atoms with van der Waals surface area (Å²) in [6, 6.07) is 11.0. The minimum atomic E-state index is -0.986. The number of phenols is 1. The lowest BCUT2D eigenvalue weighted by atomic mass is 10.2. The van der Waals surface area contributed by atoms with Crippen molar-refractivity contribution in [2.75, 3.05) is 0 Å². The quantitative estimate of drug-likeness (QED) is 0.870. The highest BCUT2D eigenvalue weighted by Gasteiger charge is 2.06. The van der Waals surface area contributed by atoms with Crippen LogP contribution in [0.25, 0.3) is 0 Å². The van der Waals surface area contributed by atoms with E-state index >= 15 is 0 Å². The minimum absolute atomic E-state index is 0.0444. The predicted molar refractivity (Wildman–Crippen MR) is 66.3 cm³/mol. The molecule has 2 aromatic rings. The lowest BCUT2D eigenvalue weighted by Gasteiger charge is -2.08. The molecular weight excluding hydrogens is 232 g/mol. The Bertz CT molecular complexity index is 573. The third kappa shape index (κ3) is 2.60. The van der Waals surface area contributed by atoms with E-state index in [0.717, 1.165) is 5.56 Å². The first kappa shape index (κ1) is 12.0. The van der Waals surface area contributed by atoms with Crippen molar-refractivity contribution in [3.05, 3.63) is 53.6 Å². The first-order chi connectivity index (χ1) is 8.56. The number of carboxylic acids is 1. The first-order valence-corrected chi connectivity index (χ1v) is 5.37. The van der Waals surface area contributed by atoms with Gasteiger partial charge in [0.25, 0.3) is 0 Å². The number of carboxylic acid groups (broad SMARTS) is 1. The van der Waals surface area contributed by atoms with Crippen LogP contribution in [-0.4, -0.2) is 16.2 Å². The van der Waals surface area contributed by atoms with Gasteiger partial charge in [0, 0.05) is 0 Å². The van der Waals surface area contributed by atoms with Crippen LogP contribution >= 0.6 is 0 Å². The van der Waals surface area contributed by atoms with Crippen molar-refractivity contribution in [2.24, 2.45) is 0 Å². The number of rotatable bonds is 3. The van der Waals surface area contributed by atoms with Gasteiger partial charge in [0.15, 0.2) is 11.5 Å². The second kappa shape index (κ2) is 4.79. The summed E-state index contributed by atoms with van der Waals surface area (Å²) in [6.07, 6.45) is 0. The van der Waals surface area contributed by atoms with E-state index in [1.807, 2.05) is 6.92 Å². The van der Waals surface area contributed by atoms with Crippen molar-refractivity contribution in [1.29, 1.82) is 0 Å². The number of aromatic hydroxyl groups is 1. The molecule has 0 heterocycles. The lowest BCUT2D eigenvalue weighted by molar-refractivity contribution is 0.0697. The number of aryl methyl sites for hydroxylation is 1. The highest BCUT2D eigenvalue weighted by Crippen LogP contribution is 2.31. The Morgan fingerprint density at radius 2 is 1.78 bits per heavy atom. The monoisotopic (exact) mass is 244 g/mol. The molecule has 2 N–H and O–H groups in total. The molecule has 0 radical (unpaired) electrons. The largest absolute Gasteiger partial charge is 0.504 e. The van der Waals surface area contributed by atoms with Crippen LogP contribution in [0.3, 0.4) is 0 Å². The highest BCUT2D eigenvalue weighted by molar-refractivity contribution is 5.87. The van der Waals surface area contributed by atoms with Crippen LogP contribution in [0.4, 0.5) is 0 Å². The van der Waals surface area contributed by atoms with Gasteiger partial charge in [-0.15, -0.1) is 0 Å². The number of aromatic carboxylic acids is 1. The second-order valence-corrected chi connectivity index (χ2v) is 3.90. The van der Waals surface area contributed by atoms with E-state index < -0.39 is 5.97 Å². The van der Waals surface area contributed by atoms with Gasteiger partial charge in [0.05, 0.1) is 5.56 Å². The van der Waals surface area contributed by atoms with Gasteiger partial charge in [-0.05, 0) is 48.9 Å². The molecule has 0 unspecified atom stereocenters. The average Bonchev–Trinajstić information content (AvgIpc) is 2.34. The van der Waals surface area contributed by atoms with Crippen molar-refractivity contribution < 1.29 is 19.7 Å². The normalized spacial score (nSPS) is 10.1. The van der Waals surface area contributed by atoms with Crippen molar-refractivity contribution in [3.63, 3.8) is 0 Å². The van der Waals surface area contributed by atoms with E-state index in [9.17, 15) is 9.90 Å². The molecule has 0 aliphatic carbocycles. The van der Waals surface area contributed by atoms with Crippen LogP contribution < -0.4 is 4.74 Å². The van der Waals surface area contributed by atoms with Crippen LogP contribution in [0, 0.1) is 6.92 Å². The number of phenolic OH excluding ortho intramolecular Hbond substituents is 1. The highest BCUT2D eigenvalue weighted by atomic mass is 16.5. The average molecular weight is 244 g/mol. The molecule has 2 aromatic carbocycles. The maximum Gasteiger partial charge on any atom is 0.335 e. The lowest BCUT2D eigenvalue weighted by Crippen LogP contribution is -1.95. The van der Waals surface area contributed by atoms with Crippen LogP contribution in [0.2, 0.25) is 0 Å². The molecule has 0 saturated heterocycles. The van der Waals surface area contributed by atoms with Gasteiger partial charge in [-0.2, -0.15) is 0 Å². The van der Waals surface area contributed by atoms with E-state index in [0.29, 0.717) is 11.5 Å². The third-order valence-electron chi connectivity index (χ3n) is 2.44.